The van der Waals surface area contributed by atoms with Crippen molar-refractivity contribution in [1.29, 1.82) is 0 Å². The maximum Gasteiger partial charge on any atom is 0.322 e. The van der Waals surface area contributed by atoms with Gasteiger partial charge in [0.05, 0.1) is 12.2 Å². The van der Waals surface area contributed by atoms with E-state index in [-0.39, 0.29) is 11.4 Å². The minimum absolute atomic E-state index is 0.120. The van der Waals surface area contributed by atoms with Crippen LogP contribution in [0.3, 0.4) is 0 Å². The monoisotopic (exact) mass is 373 g/mol. The number of aryl methyl sites for hydroxylation is 1. The van der Waals surface area contributed by atoms with Gasteiger partial charge in [0.1, 0.15) is 5.82 Å². The molecule has 3 heterocycles. The summed E-state index contributed by atoms with van der Waals surface area (Å²) in [5.41, 5.74) is 1.75. The Hall–Kier alpha value is -2.08. The van der Waals surface area contributed by atoms with Crippen LogP contribution in [0.4, 0.5) is 10.5 Å². The molecule has 0 fully saturated rings. The predicted octanol–water partition coefficient (Wildman–Crippen LogP) is 3.67. The summed E-state index contributed by atoms with van der Waals surface area (Å²) in [4.78, 5) is 14.6. The van der Waals surface area contributed by atoms with E-state index in [1.165, 1.54) is 6.42 Å². The number of hydrogen-bond donors (Lipinski definition) is 1. The Morgan fingerprint density at radius 1 is 1.27 bits per heavy atom. The molecule has 2 aromatic rings. The zero-order chi connectivity index (χ0) is 18.3. The summed E-state index contributed by atoms with van der Waals surface area (Å²) in [5.74, 6) is 1.87. The fraction of sp³-hybridized carbons (Fsp3) is 0.526. The predicted molar refractivity (Wildman–Crippen MR) is 102 cm³/mol. The molecule has 0 saturated heterocycles. The second-order valence-corrected chi connectivity index (χ2v) is 8.16. The van der Waals surface area contributed by atoms with E-state index in [9.17, 15) is 4.79 Å². The highest BCUT2D eigenvalue weighted by atomic mass is 35.5. The molecule has 0 bridgehead atoms. The van der Waals surface area contributed by atoms with Crippen LogP contribution >= 0.6 is 11.6 Å². The number of carbonyl (C=O) groups is 1. The number of rotatable bonds is 2. The van der Waals surface area contributed by atoms with Gasteiger partial charge < -0.3 is 9.88 Å². The van der Waals surface area contributed by atoms with Crippen LogP contribution < -0.4 is 10.2 Å². The molecule has 0 aliphatic carbocycles. The van der Waals surface area contributed by atoms with E-state index in [1.807, 2.05) is 18.2 Å². The summed E-state index contributed by atoms with van der Waals surface area (Å²) in [6, 6.07) is 5.61. The molecular weight excluding hydrogens is 350 g/mol. The van der Waals surface area contributed by atoms with E-state index in [0.717, 1.165) is 48.7 Å². The van der Waals surface area contributed by atoms with Gasteiger partial charge in [-0.2, -0.15) is 0 Å². The van der Waals surface area contributed by atoms with Crippen LogP contribution in [-0.2, 0) is 24.9 Å². The average Bonchev–Trinajstić information content (AvgIpc) is 3.01. The van der Waals surface area contributed by atoms with Crippen molar-refractivity contribution in [2.75, 3.05) is 11.4 Å². The van der Waals surface area contributed by atoms with Gasteiger partial charge >= 0.3 is 6.03 Å². The van der Waals surface area contributed by atoms with E-state index < -0.39 is 0 Å². The first-order valence-electron chi connectivity index (χ1n) is 9.23. The summed E-state index contributed by atoms with van der Waals surface area (Å²) in [7, 11) is 0. The third kappa shape index (κ3) is 2.96. The Morgan fingerprint density at radius 2 is 2.12 bits per heavy atom. The fourth-order valence-corrected chi connectivity index (χ4v) is 4.50. The Labute approximate surface area is 158 Å². The highest BCUT2D eigenvalue weighted by Crippen LogP contribution is 2.44. The number of amides is 2. The number of carbonyl (C=O) groups excluding carboxylic acids is 1. The first-order chi connectivity index (χ1) is 12.5. The van der Waals surface area contributed by atoms with E-state index in [1.54, 1.807) is 4.90 Å². The highest BCUT2D eigenvalue weighted by Gasteiger charge is 2.39. The van der Waals surface area contributed by atoms with Crippen molar-refractivity contribution in [2.24, 2.45) is 0 Å². The second kappa shape index (κ2) is 6.58. The molecule has 138 valence electrons. The van der Waals surface area contributed by atoms with Crippen LogP contribution in [0.25, 0.3) is 0 Å². The Morgan fingerprint density at radius 3 is 2.96 bits per heavy atom. The maximum absolute atomic E-state index is 12.9. The number of halogens is 1. The van der Waals surface area contributed by atoms with E-state index in [0.29, 0.717) is 18.1 Å². The van der Waals surface area contributed by atoms with Crippen molar-refractivity contribution in [3.63, 3.8) is 0 Å². The molecule has 0 spiro atoms. The highest BCUT2D eigenvalue weighted by molar-refractivity contribution is 6.32. The SMILES string of the molecule is CC1(C)CN(C(=O)NCc2nnc3n2CCCCC3)c2cccc(Cl)c21. The van der Waals surface area contributed by atoms with Crippen molar-refractivity contribution in [2.45, 2.75) is 58.0 Å². The Balaban J connectivity index is 1.51. The van der Waals surface area contributed by atoms with Crippen molar-refractivity contribution < 1.29 is 4.79 Å². The molecule has 1 N–H and O–H groups in total. The Kier molecular flexibility index (Phi) is 4.39. The third-order valence-corrected chi connectivity index (χ3v) is 5.66. The van der Waals surface area contributed by atoms with Crippen molar-refractivity contribution in [3.8, 4) is 0 Å². The molecule has 2 amide bonds. The van der Waals surface area contributed by atoms with Gasteiger partial charge in [0.25, 0.3) is 0 Å². The fourth-order valence-electron chi connectivity index (χ4n) is 4.07. The molecule has 0 atom stereocenters. The molecule has 6 nitrogen and oxygen atoms in total. The molecule has 7 heteroatoms. The first-order valence-corrected chi connectivity index (χ1v) is 9.60. The van der Waals surface area contributed by atoms with E-state index in [2.05, 4.69) is 33.9 Å². The van der Waals surface area contributed by atoms with Gasteiger partial charge in [0.15, 0.2) is 5.82 Å². The normalized spacial score (nSPS) is 18.2. The number of nitrogens with zero attached hydrogens (tertiary/aromatic N) is 4. The lowest BCUT2D eigenvalue weighted by atomic mass is 9.87. The second-order valence-electron chi connectivity index (χ2n) is 7.76. The minimum atomic E-state index is -0.170. The summed E-state index contributed by atoms with van der Waals surface area (Å²) in [6.45, 7) is 6.16. The van der Waals surface area contributed by atoms with Crippen molar-refractivity contribution in [1.82, 2.24) is 20.1 Å². The first kappa shape index (κ1) is 17.3. The summed E-state index contributed by atoms with van der Waals surface area (Å²) < 4.78 is 2.16. The lowest BCUT2D eigenvalue weighted by Gasteiger charge is -2.21. The van der Waals surface area contributed by atoms with Crippen LogP contribution in [0.2, 0.25) is 5.02 Å². The van der Waals surface area contributed by atoms with Gasteiger partial charge in [0.2, 0.25) is 0 Å². The molecule has 2 aliphatic rings. The number of nitrogens with one attached hydrogen (secondary N) is 1. The van der Waals surface area contributed by atoms with Crippen LogP contribution in [-0.4, -0.2) is 27.3 Å². The summed E-state index contributed by atoms with van der Waals surface area (Å²) >= 11 is 6.40. The molecule has 0 unspecified atom stereocenters. The van der Waals surface area contributed by atoms with Crippen LogP contribution in [0.1, 0.15) is 50.3 Å². The molecule has 0 radical (unpaired) electrons. The number of urea groups is 1. The van der Waals surface area contributed by atoms with Crippen molar-refractivity contribution in [3.05, 3.63) is 40.4 Å². The topological polar surface area (TPSA) is 63.1 Å². The van der Waals surface area contributed by atoms with Gasteiger partial charge in [-0.05, 0) is 25.0 Å². The quantitative estimate of drug-likeness (QED) is 0.873. The minimum Gasteiger partial charge on any atom is -0.330 e. The van der Waals surface area contributed by atoms with Gasteiger partial charge in [-0.15, -0.1) is 10.2 Å². The Bertz CT molecular complexity index is 844. The van der Waals surface area contributed by atoms with Gasteiger partial charge in [-0.3, -0.25) is 4.90 Å². The molecule has 4 rings (SSSR count). The number of hydrogen-bond acceptors (Lipinski definition) is 3. The lowest BCUT2D eigenvalue weighted by Crippen LogP contribution is -2.41. The molecule has 26 heavy (non-hydrogen) atoms. The molecular formula is C19H24ClN5O. The smallest absolute Gasteiger partial charge is 0.322 e. The molecule has 1 aromatic carbocycles. The van der Waals surface area contributed by atoms with Crippen LogP contribution in [0.15, 0.2) is 18.2 Å². The maximum atomic E-state index is 12.9. The number of aromatic nitrogens is 3. The molecule has 1 aromatic heterocycles. The van der Waals surface area contributed by atoms with Crippen molar-refractivity contribution >= 4 is 23.3 Å². The van der Waals surface area contributed by atoms with Gasteiger partial charge in [-0.1, -0.05) is 37.9 Å². The zero-order valence-corrected chi connectivity index (χ0v) is 16.0. The number of benzene rings is 1. The third-order valence-electron chi connectivity index (χ3n) is 5.34. The van der Waals surface area contributed by atoms with E-state index in [4.69, 9.17) is 11.6 Å². The molecule has 0 saturated carbocycles. The zero-order valence-electron chi connectivity index (χ0n) is 15.3. The van der Waals surface area contributed by atoms with Crippen LogP contribution in [0.5, 0.6) is 0 Å². The van der Waals surface area contributed by atoms with E-state index >= 15 is 0 Å². The summed E-state index contributed by atoms with van der Waals surface area (Å²) in [6.07, 6.45) is 4.48. The average molecular weight is 374 g/mol. The lowest BCUT2D eigenvalue weighted by molar-refractivity contribution is 0.245. The molecule has 2 aliphatic heterocycles. The number of anilines is 1. The largest absolute Gasteiger partial charge is 0.330 e. The standard InChI is InChI=1S/C19H24ClN5O/c1-19(2)12-25(14-8-6-7-13(20)17(14)19)18(26)21-11-16-23-22-15-9-4-3-5-10-24(15)16/h6-8H,3-5,9-12H2,1-2H3,(H,21,26). The van der Waals surface area contributed by atoms with Gasteiger partial charge in [0, 0.05) is 35.5 Å². The van der Waals surface area contributed by atoms with Gasteiger partial charge in [-0.25, -0.2) is 4.79 Å². The summed E-state index contributed by atoms with van der Waals surface area (Å²) in [5, 5.41) is 12.3. The van der Waals surface area contributed by atoms with Crippen LogP contribution in [0, 0.1) is 0 Å². The number of fused-ring (bicyclic) bond motifs is 2.